The van der Waals surface area contributed by atoms with Gasteiger partial charge in [0.05, 0.1) is 5.41 Å². The first-order valence-electron chi connectivity index (χ1n) is 6.28. The van der Waals surface area contributed by atoms with Gasteiger partial charge in [0.1, 0.15) is 0 Å². The molecule has 0 bridgehead atoms. The van der Waals surface area contributed by atoms with Crippen LogP contribution in [0.25, 0.3) is 0 Å². The molecule has 1 atom stereocenters. The van der Waals surface area contributed by atoms with Gasteiger partial charge in [-0.15, -0.1) is 0 Å². The Morgan fingerprint density at radius 1 is 1.35 bits per heavy atom. The Hall–Kier alpha value is -1.35. The third kappa shape index (κ3) is 1.42. The predicted octanol–water partition coefficient (Wildman–Crippen LogP) is 1.99. The van der Waals surface area contributed by atoms with E-state index in [0.717, 1.165) is 25.2 Å². The number of nitrogens with one attached hydrogen (secondary N) is 1. The largest absolute Gasteiger partial charge is 0.325 e. The van der Waals surface area contributed by atoms with Crippen LogP contribution in [-0.4, -0.2) is 29.9 Å². The van der Waals surface area contributed by atoms with E-state index in [4.69, 9.17) is 0 Å². The van der Waals surface area contributed by atoms with Crippen LogP contribution in [0.5, 0.6) is 0 Å². The van der Waals surface area contributed by atoms with Crippen molar-refractivity contribution in [2.45, 2.75) is 31.7 Å². The van der Waals surface area contributed by atoms with Gasteiger partial charge in [-0.05, 0) is 38.4 Å². The minimum atomic E-state index is -0.291. The monoisotopic (exact) mass is 230 g/mol. The SMILES string of the molecule is CC(C)N1CCC2(C1)C(=O)Nc1ccccc12. The van der Waals surface area contributed by atoms with Gasteiger partial charge in [-0.2, -0.15) is 0 Å². The average molecular weight is 230 g/mol. The van der Waals surface area contributed by atoms with Crippen molar-refractivity contribution in [1.29, 1.82) is 0 Å². The lowest BCUT2D eigenvalue weighted by molar-refractivity contribution is -0.120. The Morgan fingerprint density at radius 2 is 2.12 bits per heavy atom. The number of amides is 1. The molecule has 90 valence electrons. The van der Waals surface area contributed by atoms with Crippen molar-refractivity contribution in [3.8, 4) is 0 Å². The van der Waals surface area contributed by atoms with Crippen LogP contribution in [-0.2, 0) is 10.2 Å². The minimum absolute atomic E-state index is 0.182. The predicted molar refractivity (Wildman–Crippen MR) is 68.1 cm³/mol. The molecule has 1 saturated heterocycles. The van der Waals surface area contributed by atoms with E-state index in [2.05, 4.69) is 30.1 Å². The van der Waals surface area contributed by atoms with Gasteiger partial charge in [0, 0.05) is 18.3 Å². The Kier molecular flexibility index (Phi) is 2.26. The molecule has 1 fully saturated rings. The lowest BCUT2D eigenvalue weighted by Gasteiger charge is -2.24. The quantitative estimate of drug-likeness (QED) is 0.800. The Balaban J connectivity index is 2.01. The normalized spacial score (nSPS) is 27.8. The number of hydrogen-bond donors (Lipinski definition) is 1. The van der Waals surface area contributed by atoms with Gasteiger partial charge in [0.25, 0.3) is 0 Å². The highest BCUT2D eigenvalue weighted by Crippen LogP contribution is 2.44. The number of carbonyl (C=O) groups is 1. The Bertz CT molecular complexity index is 469. The van der Waals surface area contributed by atoms with E-state index in [1.54, 1.807) is 0 Å². The molecular weight excluding hydrogens is 212 g/mol. The summed E-state index contributed by atoms with van der Waals surface area (Å²) in [6, 6.07) is 8.61. The number of para-hydroxylation sites is 1. The number of likely N-dealkylation sites (tertiary alicyclic amines) is 1. The highest BCUT2D eigenvalue weighted by atomic mass is 16.2. The van der Waals surface area contributed by atoms with Crippen LogP contribution in [0.4, 0.5) is 5.69 Å². The summed E-state index contributed by atoms with van der Waals surface area (Å²) in [5.74, 6) is 0.182. The van der Waals surface area contributed by atoms with Gasteiger partial charge < -0.3 is 5.32 Å². The number of anilines is 1. The molecule has 0 aromatic heterocycles. The van der Waals surface area contributed by atoms with E-state index in [9.17, 15) is 4.79 Å². The Morgan fingerprint density at radius 3 is 2.82 bits per heavy atom. The number of carbonyl (C=O) groups excluding carboxylic acids is 1. The first kappa shape index (κ1) is 10.8. The summed E-state index contributed by atoms with van der Waals surface area (Å²) in [6.07, 6.45) is 0.939. The molecule has 1 aromatic rings. The molecule has 1 N–H and O–H groups in total. The van der Waals surface area contributed by atoms with Crippen LogP contribution in [0.15, 0.2) is 24.3 Å². The second-order valence-electron chi connectivity index (χ2n) is 5.40. The fourth-order valence-electron chi connectivity index (χ4n) is 3.06. The van der Waals surface area contributed by atoms with Crippen molar-refractivity contribution in [3.05, 3.63) is 29.8 Å². The summed E-state index contributed by atoms with van der Waals surface area (Å²) in [5.41, 5.74) is 1.90. The van der Waals surface area contributed by atoms with E-state index in [1.807, 2.05) is 18.2 Å². The van der Waals surface area contributed by atoms with Crippen LogP contribution < -0.4 is 5.32 Å². The van der Waals surface area contributed by atoms with Gasteiger partial charge in [-0.3, -0.25) is 9.69 Å². The zero-order valence-electron chi connectivity index (χ0n) is 10.4. The van der Waals surface area contributed by atoms with E-state index in [1.165, 1.54) is 5.56 Å². The lowest BCUT2D eigenvalue weighted by atomic mass is 9.81. The van der Waals surface area contributed by atoms with Crippen molar-refractivity contribution in [1.82, 2.24) is 4.90 Å². The molecule has 2 aliphatic rings. The van der Waals surface area contributed by atoms with Gasteiger partial charge >= 0.3 is 0 Å². The van der Waals surface area contributed by atoms with Gasteiger partial charge in [0.2, 0.25) is 5.91 Å². The van der Waals surface area contributed by atoms with Crippen LogP contribution >= 0.6 is 0 Å². The molecule has 0 saturated carbocycles. The number of fused-ring (bicyclic) bond motifs is 2. The Labute approximate surface area is 102 Å². The van der Waals surface area contributed by atoms with Gasteiger partial charge in [0.15, 0.2) is 0 Å². The summed E-state index contributed by atoms with van der Waals surface area (Å²) in [6.45, 7) is 6.25. The van der Waals surface area contributed by atoms with E-state index < -0.39 is 0 Å². The highest BCUT2D eigenvalue weighted by Gasteiger charge is 2.51. The first-order chi connectivity index (χ1) is 8.13. The van der Waals surface area contributed by atoms with Crippen molar-refractivity contribution < 1.29 is 4.79 Å². The summed E-state index contributed by atoms with van der Waals surface area (Å²) < 4.78 is 0. The third-order valence-electron chi connectivity index (χ3n) is 4.15. The van der Waals surface area contributed by atoms with Crippen LogP contribution in [0.3, 0.4) is 0 Å². The third-order valence-corrected chi connectivity index (χ3v) is 4.15. The number of hydrogen-bond acceptors (Lipinski definition) is 2. The topological polar surface area (TPSA) is 32.3 Å². The summed E-state index contributed by atoms with van der Waals surface area (Å²) in [5, 5.41) is 3.02. The summed E-state index contributed by atoms with van der Waals surface area (Å²) in [7, 11) is 0. The molecular formula is C14H18N2O. The second kappa shape index (κ2) is 3.57. The van der Waals surface area contributed by atoms with Crippen molar-refractivity contribution in [2.75, 3.05) is 18.4 Å². The van der Waals surface area contributed by atoms with Crippen molar-refractivity contribution in [3.63, 3.8) is 0 Å². The molecule has 1 aromatic carbocycles. The van der Waals surface area contributed by atoms with Crippen molar-refractivity contribution >= 4 is 11.6 Å². The molecule has 1 amide bonds. The van der Waals surface area contributed by atoms with E-state index in [-0.39, 0.29) is 11.3 Å². The molecule has 0 aliphatic carbocycles. The molecule has 17 heavy (non-hydrogen) atoms. The molecule has 2 heterocycles. The van der Waals surface area contributed by atoms with Crippen LogP contribution in [0, 0.1) is 0 Å². The fourth-order valence-corrected chi connectivity index (χ4v) is 3.06. The summed E-state index contributed by atoms with van der Waals surface area (Å²) in [4.78, 5) is 14.7. The maximum atomic E-state index is 12.3. The number of rotatable bonds is 1. The van der Waals surface area contributed by atoms with Gasteiger partial charge in [-0.25, -0.2) is 0 Å². The average Bonchev–Trinajstić information content (AvgIpc) is 2.85. The zero-order chi connectivity index (χ0) is 12.0. The second-order valence-corrected chi connectivity index (χ2v) is 5.40. The molecule has 3 rings (SSSR count). The molecule has 1 spiro atoms. The van der Waals surface area contributed by atoms with Crippen LogP contribution in [0.2, 0.25) is 0 Å². The standard InChI is InChI=1S/C14H18N2O/c1-10(2)16-8-7-14(9-16)11-5-3-4-6-12(11)15-13(14)17/h3-6,10H,7-9H2,1-2H3,(H,15,17). The van der Waals surface area contributed by atoms with E-state index in [0.29, 0.717) is 6.04 Å². The van der Waals surface area contributed by atoms with Crippen LogP contribution in [0.1, 0.15) is 25.8 Å². The zero-order valence-corrected chi connectivity index (χ0v) is 10.4. The van der Waals surface area contributed by atoms with E-state index >= 15 is 0 Å². The molecule has 3 nitrogen and oxygen atoms in total. The van der Waals surface area contributed by atoms with Gasteiger partial charge in [-0.1, -0.05) is 18.2 Å². The first-order valence-corrected chi connectivity index (χ1v) is 6.28. The number of benzene rings is 1. The van der Waals surface area contributed by atoms with Crippen molar-refractivity contribution in [2.24, 2.45) is 0 Å². The molecule has 0 radical (unpaired) electrons. The smallest absolute Gasteiger partial charge is 0.236 e. The highest BCUT2D eigenvalue weighted by molar-refractivity contribution is 6.06. The number of nitrogens with zero attached hydrogens (tertiary/aromatic N) is 1. The molecule has 1 unspecified atom stereocenters. The maximum Gasteiger partial charge on any atom is 0.236 e. The molecule has 3 heteroatoms. The fraction of sp³-hybridized carbons (Fsp3) is 0.500. The lowest BCUT2D eigenvalue weighted by Crippen LogP contribution is -2.39. The maximum absolute atomic E-state index is 12.3. The minimum Gasteiger partial charge on any atom is -0.325 e. The summed E-state index contributed by atoms with van der Waals surface area (Å²) >= 11 is 0. The molecule has 2 aliphatic heterocycles.